The molecule has 3 rings (SSSR count). The molecule has 112 valence electrons. The van der Waals surface area contributed by atoms with Crippen molar-refractivity contribution in [3.05, 3.63) is 40.5 Å². The molecule has 1 aliphatic carbocycles. The summed E-state index contributed by atoms with van der Waals surface area (Å²) < 4.78 is 10.7. The van der Waals surface area contributed by atoms with Gasteiger partial charge in [0.25, 0.3) is 0 Å². The van der Waals surface area contributed by atoms with Crippen LogP contribution >= 0.6 is 11.6 Å². The van der Waals surface area contributed by atoms with Gasteiger partial charge >= 0.3 is 0 Å². The van der Waals surface area contributed by atoms with Crippen molar-refractivity contribution in [1.82, 2.24) is 10.1 Å². The predicted molar refractivity (Wildman–Crippen MR) is 79.4 cm³/mol. The molecule has 0 saturated heterocycles. The Morgan fingerprint density at radius 1 is 1.38 bits per heavy atom. The molecule has 5 nitrogen and oxygen atoms in total. The van der Waals surface area contributed by atoms with Crippen LogP contribution in [0.2, 0.25) is 5.02 Å². The SMILES string of the molecule is COc1ccc(Cl)cc1Cc1nc(C2(N)CCCC2)no1. The van der Waals surface area contributed by atoms with Gasteiger partial charge in [0, 0.05) is 10.6 Å². The zero-order valence-corrected chi connectivity index (χ0v) is 12.7. The van der Waals surface area contributed by atoms with Crippen molar-refractivity contribution < 1.29 is 9.26 Å². The minimum absolute atomic E-state index is 0.430. The maximum atomic E-state index is 6.34. The minimum atomic E-state index is -0.430. The van der Waals surface area contributed by atoms with Crippen LogP contribution in [0, 0.1) is 0 Å². The number of hydrogen-bond acceptors (Lipinski definition) is 5. The quantitative estimate of drug-likeness (QED) is 0.939. The molecular formula is C15H18ClN3O2. The molecule has 0 amide bonds. The van der Waals surface area contributed by atoms with Gasteiger partial charge in [-0.1, -0.05) is 29.6 Å². The lowest BCUT2D eigenvalue weighted by Crippen LogP contribution is -2.34. The normalized spacial score (nSPS) is 17.1. The van der Waals surface area contributed by atoms with Crippen LogP contribution in [0.3, 0.4) is 0 Å². The van der Waals surface area contributed by atoms with Gasteiger partial charge < -0.3 is 15.0 Å². The van der Waals surface area contributed by atoms with Crippen LogP contribution in [-0.4, -0.2) is 17.3 Å². The molecule has 1 aliphatic rings. The first kappa shape index (κ1) is 14.4. The number of methoxy groups -OCH3 is 1. The molecule has 1 saturated carbocycles. The molecule has 1 aromatic carbocycles. The molecule has 0 spiro atoms. The van der Waals surface area contributed by atoms with Gasteiger partial charge in [0.15, 0.2) is 5.82 Å². The van der Waals surface area contributed by atoms with Gasteiger partial charge in [0.05, 0.1) is 19.1 Å². The average Bonchev–Trinajstić information content (AvgIpc) is 3.09. The van der Waals surface area contributed by atoms with E-state index in [1.54, 1.807) is 13.2 Å². The lowest BCUT2D eigenvalue weighted by molar-refractivity contribution is 0.350. The van der Waals surface area contributed by atoms with E-state index in [0.717, 1.165) is 37.0 Å². The van der Waals surface area contributed by atoms with Gasteiger partial charge in [0.2, 0.25) is 5.89 Å². The van der Waals surface area contributed by atoms with Gasteiger partial charge in [0.1, 0.15) is 5.75 Å². The van der Waals surface area contributed by atoms with Crippen LogP contribution < -0.4 is 10.5 Å². The molecule has 1 fully saturated rings. The Bertz CT molecular complexity index is 636. The number of hydrogen-bond donors (Lipinski definition) is 1. The predicted octanol–water partition coefficient (Wildman–Crippen LogP) is 3.05. The highest BCUT2D eigenvalue weighted by Gasteiger charge is 2.35. The third-order valence-electron chi connectivity index (χ3n) is 3.99. The van der Waals surface area contributed by atoms with Crippen molar-refractivity contribution in [1.29, 1.82) is 0 Å². The van der Waals surface area contributed by atoms with E-state index in [9.17, 15) is 0 Å². The summed E-state index contributed by atoms with van der Waals surface area (Å²) >= 11 is 6.03. The van der Waals surface area contributed by atoms with Crippen molar-refractivity contribution >= 4 is 11.6 Å². The lowest BCUT2D eigenvalue weighted by Gasteiger charge is -2.17. The average molecular weight is 308 g/mol. The molecule has 0 unspecified atom stereocenters. The Labute approximate surface area is 128 Å². The molecular weight excluding hydrogens is 290 g/mol. The summed E-state index contributed by atoms with van der Waals surface area (Å²) in [7, 11) is 1.62. The highest BCUT2D eigenvalue weighted by Crippen LogP contribution is 2.35. The number of nitrogens with zero attached hydrogens (tertiary/aromatic N) is 2. The number of halogens is 1. The van der Waals surface area contributed by atoms with Crippen LogP contribution in [0.15, 0.2) is 22.7 Å². The van der Waals surface area contributed by atoms with Crippen molar-refractivity contribution in [3.63, 3.8) is 0 Å². The van der Waals surface area contributed by atoms with Crippen LogP contribution in [-0.2, 0) is 12.0 Å². The van der Waals surface area contributed by atoms with E-state index in [1.807, 2.05) is 12.1 Å². The fraction of sp³-hybridized carbons (Fsp3) is 0.467. The first-order valence-electron chi connectivity index (χ1n) is 7.05. The third-order valence-corrected chi connectivity index (χ3v) is 4.23. The van der Waals surface area contributed by atoms with Gasteiger partial charge in [-0.15, -0.1) is 0 Å². The van der Waals surface area contributed by atoms with E-state index in [0.29, 0.717) is 23.2 Å². The maximum Gasteiger partial charge on any atom is 0.231 e. The highest BCUT2D eigenvalue weighted by atomic mass is 35.5. The molecule has 6 heteroatoms. The number of ether oxygens (including phenoxy) is 1. The molecule has 1 heterocycles. The van der Waals surface area contributed by atoms with Gasteiger partial charge in [-0.05, 0) is 31.0 Å². The Morgan fingerprint density at radius 2 is 2.14 bits per heavy atom. The Hall–Kier alpha value is -1.59. The van der Waals surface area contributed by atoms with Crippen molar-refractivity contribution in [2.45, 2.75) is 37.6 Å². The summed E-state index contributed by atoms with van der Waals surface area (Å²) in [4.78, 5) is 4.46. The largest absolute Gasteiger partial charge is 0.496 e. The number of nitrogens with two attached hydrogens (primary N) is 1. The summed E-state index contributed by atoms with van der Waals surface area (Å²) in [5.74, 6) is 1.89. The number of aromatic nitrogens is 2. The minimum Gasteiger partial charge on any atom is -0.496 e. The Kier molecular flexibility index (Phi) is 3.87. The second-order valence-corrected chi connectivity index (χ2v) is 5.94. The van der Waals surface area contributed by atoms with Crippen LogP contribution in [0.4, 0.5) is 0 Å². The molecule has 0 aliphatic heterocycles. The molecule has 2 aromatic rings. The van der Waals surface area contributed by atoms with Crippen LogP contribution in [0.25, 0.3) is 0 Å². The summed E-state index contributed by atoms with van der Waals surface area (Å²) in [5.41, 5.74) is 6.82. The van der Waals surface area contributed by atoms with Crippen LogP contribution in [0.1, 0.15) is 43.0 Å². The summed E-state index contributed by atoms with van der Waals surface area (Å²) in [6.45, 7) is 0. The first-order chi connectivity index (χ1) is 10.1. The zero-order chi connectivity index (χ0) is 14.9. The fourth-order valence-electron chi connectivity index (χ4n) is 2.81. The Balaban J connectivity index is 1.83. The summed E-state index contributed by atoms with van der Waals surface area (Å²) in [6.07, 6.45) is 4.52. The van der Waals surface area contributed by atoms with Crippen LogP contribution in [0.5, 0.6) is 5.75 Å². The molecule has 0 atom stereocenters. The van der Waals surface area contributed by atoms with E-state index in [4.69, 9.17) is 26.6 Å². The van der Waals surface area contributed by atoms with Crippen molar-refractivity contribution in [2.75, 3.05) is 7.11 Å². The smallest absolute Gasteiger partial charge is 0.231 e. The molecule has 1 aromatic heterocycles. The van der Waals surface area contributed by atoms with E-state index in [1.165, 1.54) is 0 Å². The van der Waals surface area contributed by atoms with E-state index < -0.39 is 5.54 Å². The van der Waals surface area contributed by atoms with E-state index >= 15 is 0 Å². The zero-order valence-electron chi connectivity index (χ0n) is 11.9. The molecule has 0 bridgehead atoms. The number of benzene rings is 1. The summed E-state index contributed by atoms with van der Waals surface area (Å²) in [6, 6.07) is 5.46. The highest BCUT2D eigenvalue weighted by molar-refractivity contribution is 6.30. The maximum absolute atomic E-state index is 6.34. The van der Waals surface area contributed by atoms with E-state index in [-0.39, 0.29) is 0 Å². The van der Waals surface area contributed by atoms with Crippen molar-refractivity contribution in [2.24, 2.45) is 5.73 Å². The molecule has 2 N–H and O–H groups in total. The number of rotatable bonds is 4. The van der Waals surface area contributed by atoms with Crippen molar-refractivity contribution in [3.8, 4) is 5.75 Å². The fourth-order valence-corrected chi connectivity index (χ4v) is 3.00. The Morgan fingerprint density at radius 3 is 2.86 bits per heavy atom. The monoisotopic (exact) mass is 307 g/mol. The van der Waals surface area contributed by atoms with Gasteiger partial charge in [-0.3, -0.25) is 0 Å². The second kappa shape index (κ2) is 5.66. The third kappa shape index (κ3) is 2.89. The first-order valence-corrected chi connectivity index (χ1v) is 7.43. The second-order valence-electron chi connectivity index (χ2n) is 5.51. The molecule has 0 radical (unpaired) electrons. The lowest BCUT2D eigenvalue weighted by atomic mass is 9.99. The van der Waals surface area contributed by atoms with Gasteiger partial charge in [-0.25, -0.2) is 0 Å². The standard InChI is InChI=1S/C15H18ClN3O2/c1-20-12-5-4-11(16)8-10(12)9-13-18-14(19-21-13)15(17)6-2-3-7-15/h4-5,8H,2-3,6-7,9,17H2,1H3. The van der Waals surface area contributed by atoms with E-state index in [2.05, 4.69) is 10.1 Å². The van der Waals surface area contributed by atoms with Gasteiger partial charge in [-0.2, -0.15) is 4.98 Å². The molecule has 21 heavy (non-hydrogen) atoms. The topological polar surface area (TPSA) is 74.2 Å². The summed E-state index contributed by atoms with van der Waals surface area (Å²) in [5, 5.41) is 4.71.